The molecule has 24 heavy (non-hydrogen) atoms. The summed E-state index contributed by atoms with van der Waals surface area (Å²) in [6.07, 6.45) is 4.10. The molecule has 0 amide bonds. The second kappa shape index (κ2) is 6.56. The smallest absolute Gasteiger partial charge is 0.356 e. The first-order chi connectivity index (χ1) is 11.5. The molecule has 8 heteroatoms. The summed E-state index contributed by atoms with van der Waals surface area (Å²) in [6, 6.07) is 0.212. The van der Waals surface area contributed by atoms with Gasteiger partial charge in [-0.25, -0.2) is 4.79 Å². The van der Waals surface area contributed by atoms with Gasteiger partial charge in [0, 0.05) is 17.3 Å². The van der Waals surface area contributed by atoms with Crippen LogP contribution in [0.3, 0.4) is 0 Å². The predicted molar refractivity (Wildman–Crippen MR) is 85.7 cm³/mol. The highest BCUT2D eigenvalue weighted by Crippen LogP contribution is 2.27. The van der Waals surface area contributed by atoms with Gasteiger partial charge in [-0.2, -0.15) is 10.1 Å². The summed E-state index contributed by atoms with van der Waals surface area (Å²) >= 11 is 0. The fourth-order valence-electron chi connectivity index (χ4n) is 3.24. The minimum absolute atomic E-state index is 0.151. The SMILES string of the molecule is C=CCn1nc(C(=O)O)c2c1CC[C@@H](N(C)Cc1nc(C)no1)C2. The number of hydrogen-bond donors (Lipinski definition) is 1. The summed E-state index contributed by atoms with van der Waals surface area (Å²) in [5.41, 5.74) is 1.98. The van der Waals surface area contributed by atoms with Gasteiger partial charge in [0.05, 0.1) is 13.1 Å². The maximum Gasteiger partial charge on any atom is 0.356 e. The molecular weight excluding hydrogens is 310 g/mol. The Bertz CT molecular complexity index is 764. The lowest BCUT2D eigenvalue weighted by Gasteiger charge is -2.30. The number of aromatic nitrogens is 4. The van der Waals surface area contributed by atoms with Crippen molar-refractivity contribution >= 4 is 5.97 Å². The van der Waals surface area contributed by atoms with E-state index in [-0.39, 0.29) is 11.7 Å². The first-order valence-electron chi connectivity index (χ1n) is 7.91. The highest BCUT2D eigenvalue weighted by Gasteiger charge is 2.30. The fraction of sp³-hybridized carbons (Fsp3) is 0.500. The van der Waals surface area contributed by atoms with Gasteiger partial charge in [-0.1, -0.05) is 11.2 Å². The molecule has 0 saturated heterocycles. The topological polar surface area (TPSA) is 97.3 Å². The van der Waals surface area contributed by atoms with E-state index in [1.165, 1.54) is 0 Å². The quantitative estimate of drug-likeness (QED) is 0.800. The maximum atomic E-state index is 11.5. The molecule has 1 N–H and O–H groups in total. The van der Waals surface area contributed by atoms with Gasteiger partial charge in [0.15, 0.2) is 11.5 Å². The van der Waals surface area contributed by atoms with E-state index in [9.17, 15) is 9.90 Å². The number of aryl methyl sites for hydroxylation is 1. The number of hydrogen-bond acceptors (Lipinski definition) is 6. The summed E-state index contributed by atoms with van der Waals surface area (Å²) in [5.74, 6) is 0.203. The number of allylic oxidation sites excluding steroid dienone is 1. The predicted octanol–water partition coefficient (Wildman–Crippen LogP) is 1.45. The third kappa shape index (κ3) is 3.09. The van der Waals surface area contributed by atoms with Crippen LogP contribution in [0.5, 0.6) is 0 Å². The van der Waals surface area contributed by atoms with Gasteiger partial charge in [0.25, 0.3) is 0 Å². The molecular formula is C16H21N5O3. The highest BCUT2D eigenvalue weighted by atomic mass is 16.5. The lowest BCUT2D eigenvalue weighted by atomic mass is 9.90. The zero-order valence-corrected chi connectivity index (χ0v) is 13.9. The van der Waals surface area contributed by atoms with E-state index < -0.39 is 5.97 Å². The number of fused-ring (bicyclic) bond motifs is 1. The van der Waals surface area contributed by atoms with E-state index in [2.05, 4.69) is 26.7 Å². The third-order valence-electron chi connectivity index (χ3n) is 4.40. The molecule has 0 aliphatic heterocycles. The van der Waals surface area contributed by atoms with Gasteiger partial charge in [-0.15, -0.1) is 6.58 Å². The van der Waals surface area contributed by atoms with Crippen molar-refractivity contribution in [1.29, 1.82) is 0 Å². The second-order valence-electron chi connectivity index (χ2n) is 6.10. The van der Waals surface area contributed by atoms with Crippen LogP contribution < -0.4 is 0 Å². The average Bonchev–Trinajstić information content (AvgIpc) is 3.11. The molecule has 2 aromatic heterocycles. The number of aromatic carboxylic acids is 1. The van der Waals surface area contributed by atoms with Gasteiger partial charge < -0.3 is 9.63 Å². The van der Waals surface area contributed by atoms with Gasteiger partial charge in [-0.05, 0) is 33.2 Å². The molecule has 0 spiro atoms. The summed E-state index contributed by atoms with van der Waals surface area (Å²) in [6.45, 7) is 6.57. The first-order valence-corrected chi connectivity index (χ1v) is 7.91. The summed E-state index contributed by atoms with van der Waals surface area (Å²) < 4.78 is 6.92. The first kappa shape index (κ1) is 16.4. The van der Waals surface area contributed by atoms with Gasteiger partial charge >= 0.3 is 5.97 Å². The molecule has 0 saturated carbocycles. The Morgan fingerprint density at radius 3 is 3.00 bits per heavy atom. The van der Waals surface area contributed by atoms with Gasteiger partial charge in [0.1, 0.15) is 0 Å². The van der Waals surface area contributed by atoms with Crippen LogP contribution in [-0.2, 0) is 25.9 Å². The van der Waals surface area contributed by atoms with Crippen molar-refractivity contribution in [2.45, 2.75) is 45.3 Å². The van der Waals surface area contributed by atoms with Crippen molar-refractivity contribution in [1.82, 2.24) is 24.8 Å². The van der Waals surface area contributed by atoms with Crippen LogP contribution in [0.15, 0.2) is 17.2 Å². The van der Waals surface area contributed by atoms with Crippen molar-refractivity contribution in [3.05, 3.63) is 41.3 Å². The molecule has 1 aliphatic rings. The Morgan fingerprint density at radius 2 is 2.38 bits per heavy atom. The average molecular weight is 331 g/mol. The van der Waals surface area contributed by atoms with Gasteiger partial charge in [0.2, 0.25) is 5.89 Å². The molecule has 1 atom stereocenters. The molecule has 0 bridgehead atoms. The molecule has 1 aliphatic carbocycles. The normalized spacial score (nSPS) is 17.0. The van der Waals surface area contributed by atoms with Crippen LogP contribution in [-0.4, -0.2) is 49.0 Å². The number of nitrogens with zero attached hydrogens (tertiary/aromatic N) is 5. The lowest BCUT2D eigenvalue weighted by Crippen LogP contribution is -2.36. The third-order valence-corrected chi connectivity index (χ3v) is 4.40. The molecule has 0 unspecified atom stereocenters. The summed E-state index contributed by atoms with van der Waals surface area (Å²) in [7, 11) is 1.99. The number of carboxylic acids is 1. The zero-order chi connectivity index (χ0) is 17.3. The minimum Gasteiger partial charge on any atom is -0.476 e. The zero-order valence-electron chi connectivity index (χ0n) is 13.9. The maximum absolute atomic E-state index is 11.5. The van der Waals surface area contributed by atoms with Crippen LogP contribution in [0.4, 0.5) is 0 Å². The second-order valence-corrected chi connectivity index (χ2v) is 6.10. The highest BCUT2D eigenvalue weighted by molar-refractivity contribution is 5.87. The standard InChI is InChI=1S/C16H21N5O3/c1-4-7-21-13-6-5-11(8-12(13)15(18-21)16(22)23)20(3)9-14-17-10(2)19-24-14/h4,11H,1,5-9H2,2-3H3,(H,22,23)/t11-/m1/s1. The molecule has 0 radical (unpaired) electrons. The summed E-state index contributed by atoms with van der Waals surface area (Å²) in [5, 5.41) is 17.5. The van der Waals surface area contributed by atoms with E-state index in [1.54, 1.807) is 17.7 Å². The Balaban J connectivity index is 1.80. The van der Waals surface area contributed by atoms with Crippen LogP contribution in [0.1, 0.15) is 39.9 Å². The Morgan fingerprint density at radius 1 is 1.58 bits per heavy atom. The summed E-state index contributed by atoms with van der Waals surface area (Å²) in [4.78, 5) is 17.9. The van der Waals surface area contributed by atoms with E-state index in [0.29, 0.717) is 31.2 Å². The molecule has 2 aromatic rings. The monoisotopic (exact) mass is 331 g/mol. The number of carboxylic acid groups (broad SMARTS) is 1. The van der Waals surface area contributed by atoms with Crippen molar-refractivity contribution in [2.75, 3.05) is 7.05 Å². The minimum atomic E-state index is -0.982. The van der Waals surface area contributed by atoms with E-state index in [0.717, 1.165) is 24.1 Å². The number of rotatable bonds is 6. The Labute approximate surface area is 139 Å². The van der Waals surface area contributed by atoms with Crippen molar-refractivity contribution in [2.24, 2.45) is 0 Å². The molecule has 128 valence electrons. The number of carbonyl (C=O) groups is 1. The largest absolute Gasteiger partial charge is 0.476 e. The molecule has 3 rings (SSSR count). The van der Waals surface area contributed by atoms with Crippen LogP contribution in [0.2, 0.25) is 0 Å². The van der Waals surface area contributed by atoms with Gasteiger partial charge in [-0.3, -0.25) is 9.58 Å². The van der Waals surface area contributed by atoms with Crippen molar-refractivity contribution in [3.8, 4) is 0 Å². The van der Waals surface area contributed by atoms with E-state index in [4.69, 9.17) is 4.52 Å². The van der Waals surface area contributed by atoms with E-state index >= 15 is 0 Å². The molecule has 2 heterocycles. The molecule has 8 nitrogen and oxygen atoms in total. The van der Waals surface area contributed by atoms with Crippen LogP contribution in [0.25, 0.3) is 0 Å². The van der Waals surface area contributed by atoms with Crippen LogP contribution in [0, 0.1) is 6.92 Å². The fourth-order valence-corrected chi connectivity index (χ4v) is 3.24. The Hall–Kier alpha value is -2.48. The Kier molecular flexibility index (Phi) is 4.48. The van der Waals surface area contributed by atoms with Crippen LogP contribution >= 0.6 is 0 Å². The lowest BCUT2D eigenvalue weighted by molar-refractivity contribution is 0.0687. The van der Waals surface area contributed by atoms with Crippen molar-refractivity contribution in [3.63, 3.8) is 0 Å². The number of likely N-dealkylation sites (N-methyl/N-ethyl adjacent to an activating group) is 1. The van der Waals surface area contributed by atoms with Crippen molar-refractivity contribution < 1.29 is 14.4 Å². The molecule has 0 fully saturated rings. The van der Waals surface area contributed by atoms with E-state index in [1.807, 2.05) is 7.05 Å². The molecule has 0 aromatic carbocycles.